The molecule has 1 atom stereocenters. The summed E-state index contributed by atoms with van der Waals surface area (Å²) in [4.78, 5) is 0. The maximum atomic E-state index is 5.64. The van der Waals surface area contributed by atoms with Gasteiger partial charge in [-0.05, 0) is 56.8 Å². The molecule has 0 amide bonds. The Kier molecular flexibility index (Phi) is 4.43. The van der Waals surface area contributed by atoms with Crippen LogP contribution in [0.1, 0.15) is 24.4 Å². The molecule has 1 aliphatic heterocycles. The highest BCUT2D eigenvalue weighted by Gasteiger charge is 2.22. The molecule has 0 aliphatic carbocycles. The quantitative estimate of drug-likeness (QED) is 0.635. The zero-order valence-corrected chi connectivity index (χ0v) is 12.5. The lowest BCUT2D eigenvalue weighted by molar-refractivity contribution is 0.168. The number of nitrogens with one attached hydrogen (secondary N) is 1. The Morgan fingerprint density at radius 2 is 2.31 bits per heavy atom. The van der Waals surface area contributed by atoms with Gasteiger partial charge in [-0.25, -0.2) is 5.43 Å². The first-order valence-electron chi connectivity index (χ1n) is 4.96. The van der Waals surface area contributed by atoms with Gasteiger partial charge in [0.15, 0.2) is 0 Å². The Morgan fingerprint density at radius 3 is 2.81 bits per heavy atom. The fraction of sp³-hybridized carbons (Fsp3) is 0.400. The van der Waals surface area contributed by atoms with E-state index in [1.54, 1.807) is 11.3 Å². The maximum Gasteiger partial charge on any atom is 0.115 e. The molecule has 1 unspecified atom stereocenters. The molecule has 1 aromatic rings. The second kappa shape index (κ2) is 5.64. The van der Waals surface area contributed by atoms with E-state index in [4.69, 9.17) is 10.6 Å². The number of allylic oxidation sites excluding steroid dienone is 1. The van der Waals surface area contributed by atoms with E-state index in [1.807, 2.05) is 0 Å². The minimum atomic E-state index is -0.0720. The summed E-state index contributed by atoms with van der Waals surface area (Å²) in [5.74, 6) is 6.53. The predicted molar refractivity (Wildman–Crippen MR) is 73.1 cm³/mol. The van der Waals surface area contributed by atoms with Gasteiger partial charge in [-0.15, -0.1) is 11.3 Å². The zero-order valence-electron chi connectivity index (χ0n) is 8.50. The summed E-state index contributed by atoms with van der Waals surface area (Å²) < 4.78 is 7.78. The van der Waals surface area contributed by atoms with E-state index < -0.39 is 0 Å². The fourth-order valence-corrected chi connectivity index (χ4v) is 4.55. The molecule has 0 saturated carbocycles. The Bertz CT molecular complexity index is 406. The maximum absolute atomic E-state index is 5.64. The fourth-order valence-electron chi connectivity index (χ4n) is 1.65. The topological polar surface area (TPSA) is 47.3 Å². The summed E-state index contributed by atoms with van der Waals surface area (Å²) in [7, 11) is 0. The third kappa shape index (κ3) is 2.68. The van der Waals surface area contributed by atoms with Crippen molar-refractivity contribution in [1.29, 1.82) is 0 Å². The van der Waals surface area contributed by atoms with Crippen molar-refractivity contribution in [1.82, 2.24) is 5.43 Å². The van der Waals surface area contributed by atoms with Gasteiger partial charge < -0.3 is 4.74 Å². The smallest absolute Gasteiger partial charge is 0.115 e. The highest BCUT2D eigenvalue weighted by atomic mass is 79.9. The van der Waals surface area contributed by atoms with Crippen LogP contribution >= 0.6 is 43.2 Å². The van der Waals surface area contributed by atoms with Gasteiger partial charge >= 0.3 is 0 Å². The lowest BCUT2D eigenvalue weighted by Gasteiger charge is -2.23. The van der Waals surface area contributed by atoms with Gasteiger partial charge in [0.05, 0.1) is 14.2 Å². The lowest BCUT2D eigenvalue weighted by atomic mass is 10.1. The Labute approximate surface area is 115 Å². The molecule has 0 saturated heterocycles. The van der Waals surface area contributed by atoms with Gasteiger partial charge in [-0.1, -0.05) is 0 Å². The van der Waals surface area contributed by atoms with Gasteiger partial charge in [-0.2, -0.15) is 0 Å². The molecule has 2 heterocycles. The lowest BCUT2D eigenvalue weighted by Crippen LogP contribution is -2.31. The van der Waals surface area contributed by atoms with E-state index in [0.29, 0.717) is 0 Å². The highest BCUT2D eigenvalue weighted by Crippen LogP contribution is 2.38. The zero-order chi connectivity index (χ0) is 11.5. The highest BCUT2D eigenvalue weighted by molar-refractivity contribution is 9.12. The second-order valence-corrected chi connectivity index (χ2v) is 7.23. The molecule has 0 spiro atoms. The van der Waals surface area contributed by atoms with Crippen LogP contribution in [0.25, 0.3) is 0 Å². The number of nitrogens with two attached hydrogens (primary N) is 1. The molecule has 0 aromatic carbocycles. The number of hydrogen-bond donors (Lipinski definition) is 2. The molecule has 0 fully saturated rings. The Morgan fingerprint density at radius 1 is 1.50 bits per heavy atom. The first kappa shape index (κ1) is 12.6. The van der Waals surface area contributed by atoms with Gasteiger partial charge in [0.2, 0.25) is 0 Å². The summed E-state index contributed by atoms with van der Waals surface area (Å²) in [5, 5.41) is 0. The van der Waals surface area contributed by atoms with E-state index in [1.165, 1.54) is 0 Å². The molecule has 1 aliphatic rings. The minimum absolute atomic E-state index is 0.0720. The van der Waals surface area contributed by atoms with Crippen LogP contribution in [0.5, 0.6) is 0 Å². The summed E-state index contributed by atoms with van der Waals surface area (Å²) in [6.07, 6.45) is 4.23. The van der Waals surface area contributed by atoms with E-state index in [-0.39, 0.29) is 6.04 Å². The van der Waals surface area contributed by atoms with Crippen LogP contribution in [0.15, 0.2) is 25.5 Å². The predicted octanol–water partition coefficient (Wildman–Crippen LogP) is 3.47. The summed E-state index contributed by atoms with van der Waals surface area (Å²) in [6, 6.07) is 1.98. The van der Waals surface area contributed by atoms with Crippen LogP contribution < -0.4 is 11.3 Å². The van der Waals surface area contributed by atoms with Crippen LogP contribution in [0.3, 0.4) is 0 Å². The van der Waals surface area contributed by atoms with Gasteiger partial charge in [-0.3, -0.25) is 5.84 Å². The molecule has 3 nitrogen and oxygen atoms in total. The number of thiophene rings is 1. The largest absolute Gasteiger partial charge is 0.496 e. The number of ether oxygens (including phenoxy) is 1. The van der Waals surface area contributed by atoms with Gasteiger partial charge in [0.25, 0.3) is 0 Å². The van der Waals surface area contributed by atoms with Crippen molar-refractivity contribution >= 4 is 43.2 Å². The third-order valence-corrected chi connectivity index (χ3v) is 4.79. The molecule has 1 aromatic heterocycles. The van der Waals surface area contributed by atoms with Gasteiger partial charge in [0.1, 0.15) is 11.8 Å². The average Bonchev–Trinajstić information content (AvgIpc) is 2.61. The molecular weight excluding hydrogens is 356 g/mol. The molecule has 3 N–H and O–H groups in total. The Hall–Kier alpha value is 0.120. The van der Waals surface area contributed by atoms with Crippen molar-refractivity contribution < 1.29 is 4.74 Å². The van der Waals surface area contributed by atoms with E-state index in [9.17, 15) is 0 Å². The first-order chi connectivity index (χ1) is 7.72. The summed E-state index contributed by atoms with van der Waals surface area (Å²) in [6.45, 7) is 0.771. The van der Waals surface area contributed by atoms with Crippen molar-refractivity contribution in [3.8, 4) is 0 Å². The summed E-state index contributed by atoms with van der Waals surface area (Å²) in [5.41, 5.74) is 3.91. The standard InChI is InChI=1S/C10H12Br2N2OS/c11-8-5-6(10(12)16-8)9(14-13)7-3-1-2-4-15-7/h3,5,9,14H,1-2,4,13H2. The van der Waals surface area contributed by atoms with Crippen LogP contribution in [0.2, 0.25) is 0 Å². The summed E-state index contributed by atoms with van der Waals surface area (Å²) >= 11 is 8.63. The third-order valence-electron chi connectivity index (χ3n) is 2.41. The molecule has 88 valence electrons. The second-order valence-electron chi connectivity index (χ2n) is 3.48. The normalized spacial score (nSPS) is 17.8. The number of rotatable bonds is 3. The van der Waals surface area contributed by atoms with E-state index in [0.717, 1.165) is 38.3 Å². The Balaban J connectivity index is 2.28. The van der Waals surface area contributed by atoms with E-state index in [2.05, 4.69) is 49.4 Å². The van der Waals surface area contributed by atoms with Crippen molar-refractivity contribution in [2.45, 2.75) is 18.9 Å². The first-order valence-corrected chi connectivity index (χ1v) is 7.36. The minimum Gasteiger partial charge on any atom is -0.496 e. The van der Waals surface area contributed by atoms with Crippen molar-refractivity contribution in [2.75, 3.05) is 6.61 Å². The van der Waals surface area contributed by atoms with Crippen LogP contribution in [-0.2, 0) is 4.74 Å². The molecular formula is C10H12Br2N2OS. The van der Waals surface area contributed by atoms with Crippen LogP contribution in [0, 0.1) is 0 Å². The van der Waals surface area contributed by atoms with Crippen molar-refractivity contribution in [3.05, 3.63) is 31.0 Å². The van der Waals surface area contributed by atoms with Crippen LogP contribution in [0.4, 0.5) is 0 Å². The number of hydrazine groups is 1. The van der Waals surface area contributed by atoms with E-state index >= 15 is 0 Å². The number of hydrogen-bond acceptors (Lipinski definition) is 4. The van der Waals surface area contributed by atoms with Crippen LogP contribution in [-0.4, -0.2) is 6.61 Å². The SMILES string of the molecule is NNC(C1=CCCCO1)c1cc(Br)sc1Br. The molecule has 6 heteroatoms. The van der Waals surface area contributed by atoms with Crippen molar-refractivity contribution in [2.24, 2.45) is 5.84 Å². The molecule has 0 bridgehead atoms. The molecule has 16 heavy (non-hydrogen) atoms. The average molecular weight is 368 g/mol. The van der Waals surface area contributed by atoms with Crippen molar-refractivity contribution in [3.63, 3.8) is 0 Å². The van der Waals surface area contributed by atoms with Gasteiger partial charge in [0, 0.05) is 5.56 Å². The number of halogens is 2. The molecule has 0 radical (unpaired) electrons. The monoisotopic (exact) mass is 366 g/mol. The molecule has 2 rings (SSSR count).